The summed E-state index contributed by atoms with van der Waals surface area (Å²) in [5, 5.41) is 1.06. The zero-order valence-corrected chi connectivity index (χ0v) is 16.7. The molecule has 28 heavy (non-hydrogen) atoms. The fourth-order valence-electron chi connectivity index (χ4n) is 4.44. The third-order valence-corrected chi connectivity index (χ3v) is 5.98. The van der Waals surface area contributed by atoms with Crippen LogP contribution in [0.3, 0.4) is 0 Å². The maximum absolute atomic E-state index is 13.3. The van der Waals surface area contributed by atoms with Gasteiger partial charge >= 0.3 is 0 Å². The second-order valence-electron chi connectivity index (χ2n) is 7.30. The van der Waals surface area contributed by atoms with Gasteiger partial charge in [0.15, 0.2) is 11.4 Å². The van der Waals surface area contributed by atoms with Crippen molar-refractivity contribution in [2.75, 3.05) is 7.11 Å². The molecule has 0 bridgehead atoms. The van der Waals surface area contributed by atoms with Gasteiger partial charge in [-0.05, 0) is 38.0 Å². The Bertz CT molecular complexity index is 1160. The van der Waals surface area contributed by atoms with Crippen molar-refractivity contribution in [2.24, 2.45) is 0 Å². The van der Waals surface area contributed by atoms with Crippen LogP contribution in [0, 0.1) is 0 Å². The maximum atomic E-state index is 13.3. The van der Waals surface area contributed by atoms with Crippen molar-refractivity contribution in [1.82, 2.24) is 9.55 Å². The summed E-state index contributed by atoms with van der Waals surface area (Å²) < 4.78 is 7.50. The molecule has 1 atom stereocenters. The lowest BCUT2D eigenvalue weighted by Gasteiger charge is -2.31. The van der Waals surface area contributed by atoms with E-state index in [0.717, 1.165) is 27.9 Å². The fourth-order valence-corrected chi connectivity index (χ4v) is 4.44. The van der Waals surface area contributed by atoms with Gasteiger partial charge in [0.1, 0.15) is 0 Å². The average molecular weight is 376 g/mol. The Morgan fingerprint density at radius 3 is 2.64 bits per heavy atom. The van der Waals surface area contributed by atoms with Crippen LogP contribution >= 0.6 is 0 Å². The van der Waals surface area contributed by atoms with Gasteiger partial charge in [-0.15, -0.1) is 0 Å². The van der Waals surface area contributed by atoms with E-state index in [2.05, 4.69) is 6.07 Å². The summed E-state index contributed by atoms with van der Waals surface area (Å²) in [5.41, 5.74) is 3.62. The van der Waals surface area contributed by atoms with Crippen LogP contribution in [0.25, 0.3) is 22.3 Å². The lowest BCUT2D eigenvalue weighted by Crippen LogP contribution is -2.39. The first-order valence-electron chi connectivity index (χ1n) is 9.69. The normalized spacial score (nSPS) is 14.6. The number of para-hydroxylation sites is 1. The number of ketones is 1. The summed E-state index contributed by atoms with van der Waals surface area (Å²) in [6.07, 6.45) is 1.01. The molecule has 4 rings (SSSR count). The first-order valence-corrected chi connectivity index (χ1v) is 9.69. The Hall–Kier alpha value is -2.79. The molecule has 0 N–H and O–H groups in total. The van der Waals surface area contributed by atoms with Gasteiger partial charge in [0.05, 0.1) is 23.4 Å². The van der Waals surface area contributed by atoms with Crippen molar-refractivity contribution in [3.63, 3.8) is 0 Å². The lowest BCUT2D eigenvalue weighted by molar-refractivity contribution is -0.140. The molecule has 0 amide bonds. The fraction of sp³-hybridized carbons (Fsp3) is 0.348. The largest absolute Gasteiger partial charge is 0.366 e. The number of methoxy groups -OCH3 is 1. The van der Waals surface area contributed by atoms with Crippen molar-refractivity contribution < 1.29 is 9.53 Å². The second-order valence-corrected chi connectivity index (χ2v) is 7.30. The summed E-state index contributed by atoms with van der Waals surface area (Å²) in [7, 11) is 1.54. The molecule has 3 heterocycles. The Morgan fingerprint density at radius 2 is 2.00 bits per heavy atom. The second kappa shape index (κ2) is 6.67. The van der Waals surface area contributed by atoms with Crippen LogP contribution in [0.1, 0.15) is 43.9 Å². The number of nitrogens with zero attached hydrogens (tertiary/aromatic N) is 2. The predicted molar refractivity (Wildman–Crippen MR) is 110 cm³/mol. The molecule has 1 aromatic carbocycles. The Balaban J connectivity index is 2.04. The van der Waals surface area contributed by atoms with Crippen LogP contribution in [-0.4, -0.2) is 22.4 Å². The molecule has 0 spiro atoms. The number of benzene rings is 1. The molecule has 0 aliphatic carbocycles. The van der Waals surface area contributed by atoms with Crippen molar-refractivity contribution in [3.05, 3.63) is 63.4 Å². The minimum Gasteiger partial charge on any atom is -0.366 e. The van der Waals surface area contributed by atoms with Gasteiger partial charge in [-0.1, -0.05) is 32.0 Å². The van der Waals surface area contributed by atoms with Crippen LogP contribution in [0.2, 0.25) is 0 Å². The highest BCUT2D eigenvalue weighted by molar-refractivity contribution is 5.88. The smallest absolute Gasteiger partial charge is 0.254 e. The van der Waals surface area contributed by atoms with Crippen LogP contribution in [0.15, 0.2) is 41.2 Å². The van der Waals surface area contributed by atoms with E-state index in [0.29, 0.717) is 30.5 Å². The molecule has 0 fully saturated rings. The monoisotopic (exact) mass is 376 g/mol. The first kappa shape index (κ1) is 18.6. The van der Waals surface area contributed by atoms with Crippen molar-refractivity contribution in [3.8, 4) is 11.4 Å². The first-order chi connectivity index (χ1) is 13.5. The van der Waals surface area contributed by atoms with Gasteiger partial charge in [-0.2, -0.15) is 0 Å². The van der Waals surface area contributed by atoms with E-state index in [9.17, 15) is 9.59 Å². The van der Waals surface area contributed by atoms with Gasteiger partial charge in [0.25, 0.3) is 5.56 Å². The van der Waals surface area contributed by atoms with Crippen molar-refractivity contribution in [1.29, 1.82) is 0 Å². The van der Waals surface area contributed by atoms with E-state index >= 15 is 0 Å². The third-order valence-electron chi connectivity index (χ3n) is 5.98. The Morgan fingerprint density at radius 1 is 1.25 bits per heavy atom. The predicted octanol–water partition coefficient (Wildman–Crippen LogP) is 3.83. The number of rotatable bonds is 5. The van der Waals surface area contributed by atoms with Crippen LogP contribution in [-0.2, 0) is 28.1 Å². The maximum Gasteiger partial charge on any atom is 0.254 e. The number of hydrogen-bond donors (Lipinski definition) is 0. The summed E-state index contributed by atoms with van der Waals surface area (Å²) in [5.74, 6) is -0.0961. The molecule has 5 heteroatoms. The number of hydrogen-bond acceptors (Lipinski definition) is 4. The minimum absolute atomic E-state index is 0.0619. The Labute approximate surface area is 164 Å². The molecule has 5 nitrogen and oxygen atoms in total. The standard InChI is InChI=1S/C23H24N2O3/c1-5-17-18(23(6-2,28-4)14(3)26)12-20-21-16(13-25(20)22(17)27)11-15-9-7-8-10-19(15)24-21/h7-12H,5-6,13H2,1-4H3. The van der Waals surface area contributed by atoms with Gasteiger partial charge in [-0.25, -0.2) is 4.98 Å². The van der Waals surface area contributed by atoms with Gasteiger partial charge in [-0.3, -0.25) is 9.59 Å². The molecule has 2 aromatic heterocycles. The number of Topliss-reactive ketones (excluding diaryl/α,β-unsaturated/α-hetero) is 1. The number of carbonyl (C=O) groups excluding carboxylic acids is 1. The molecule has 1 unspecified atom stereocenters. The summed E-state index contributed by atoms with van der Waals surface area (Å²) in [4.78, 5) is 30.8. The zero-order chi connectivity index (χ0) is 20.1. The molecule has 144 valence electrons. The van der Waals surface area contributed by atoms with Crippen LogP contribution in [0.4, 0.5) is 0 Å². The quantitative estimate of drug-likeness (QED) is 0.531. The summed E-state index contributed by atoms with van der Waals surface area (Å²) in [6, 6.07) is 12.0. The van der Waals surface area contributed by atoms with Crippen molar-refractivity contribution in [2.45, 2.75) is 45.8 Å². The topological polar surface area (TPSA) is 61.2 Å². The highest BCUT2D eigenvalue weighted by atomic mass is 16.5. The van der Waals surface area contributed by atoms with E-state index in [1.54, 1.807) is 4.57 Å². The number of aromatic nitrogens is 2. The zero-order valence-electron chi connectivity index (χ0n) is 16.7. The van der Waals surface area contributed by atoms with E-state index in [1.807, 2.05) is 44.2 Å². The number of pyridine rings is 2. The summed E-state index contributed by atoms with van der Waals surface area (Å²) in [6.45, 7) is 5.88. The van der Waals surface area contributed by atoms with Gasteiger partial charge in [0, 0.05) is 29.2 Å². The van der Waals surface area contributed by atoms with Crippen molar-refractivity contribution >= 4 is 16.7 Å². The third kappa shape index (κ3) is 2.46. The molecule has 3 aromatic rings. The van der Waals surface area contributed by atoms with E-state index < -0.39 is 5.60 Å². The number of ether oxygens (including phenoxy) is 1. The molecule has 1 aliphatic rings. The molecular formula is C23H24N2O3. The molecule has 0 saturated heterocycles. The van der Waals surface area contributed by atoms with E-state index in [-0.39, 0.29) is 11.3 Å². The minimum atomic E-state index is -1.11. The Kier molecular flexibility index (Phi) is 4.42. The molecule has 1 aliphatic heterocycles. The van der Waals surface area contributed by atoms with E-state index in [1.165, 1.54) is 14.0 Å². The SMILES string of the molecule is CCc1c(C(CC)(OC)C(C)=O)cc2n(c1=O)Cc1cc3ccccc3nc1-2. The van der Waals surface area contributed by atoms with E-state index in [4.69, 9.17) is 9.72 Å². The van der Waals surface area contributed by atoms with Gasteiger partial charge < -0.3 is 9.30 Å². The molecular weight excluding hydrogens is 352 g/mol. The summed E-state index contributed by atoms with van der Waals surface area (Å²) >= 11 is 0. The average Bonchev–Trinajstić information content (AvgIpc) is 3.05. The van der Waals surface area contributed by atoms with Crippen LogP contribution < -0.4 is 5.56 Å². The highest BCUT2D eigenvalue weighted by Crippen LogP contribution is 2.37. The number of carbonyl (C=O) groups is 1. The lowest BCUT2D eigenvalue weighted by atomic mass is 9.83. The molecule has 0 radical (unpaired) electrons. The van der Waals surface area contributed by atoms with Crippen LogP contribution in [0.5, 0.6) is 0 Å². The highest BCUT2D eigenvalue weighted by Gasteiger charge is 2.40. The van der Waals surface area contributed by atoms with Gasteiger partial charge in [0.2, 0.25) is 0 Å². The number of fused-ring (bicyclic) bond motifs is 4. The molecule has 0 saturated carbocycles.